The molecule has 4 heteroatoms. The van der Waals surface area contributed by atoms with E-state index in [-0.39, 0.29) is 17.7 Å². The molecule has 0 spiro atoms. The Hall–Kier alpha value is -1.32. The molecule has 4 nitrogen and oxygen atoms in total. The summed E-state index contributed by atoms with van der Waals surface area (Å²) in [5, 5.41) is 0. The fourth-order valence-corrected chi connectivity index (χ4v) is 2.25. The molecule has 1 aliphatic carbocycles. The fraction of sp³-hybridized carbons (Fsp3) is 0.733. The summed E-state index contributed by atoms with van der Waals surface area (Å²) in [5.41, 5.74) is 0.383. The van der Waals surface area contributed by atoms with Gasteiger partial charge in [-0.1, -0.05) is 0 Å². The summed E-state index contributed by atoms with van der Waals surface area (Å²) in [4.78, 5) is 25.5. The summed E-state index contributed by atoms with van der Waals surface area (Å²) in [6, 6.07) is 0. The molecule has 0 aliphatic heterocycles. The number of allylic oxidation sites excluding steroid dienone is 1. The van der Waals surface area contributed by atoms with Crippen LogP contribution in [0.3, 0.4) is 0 Å². The van der Waals surface area contributed by atoms with Gasteiger partial charge in [0, 0.05) is 38.7 Å². The van der Waals surface area contributed by atoms with Crippen molar-refractivity contribution in [2.24, 2.45) is 5.92 Å². The molecule has 1 saturated carbocycles. The first-order valence-electron chi connectivity index (χ1n) is 6.79. The maximum Gasteiger partial charge on any atom is 0.306 e. The second kappa shape index (κ2) is 6.22. The van der Waals surface area contributed by atoms with Gasteiger partial charge in [-0.15, -0.1) is 0 Å². The monoisotopic (exact) mass is 267 g/mol. The number of carbonyl (C=O) groups excluding carboxylic acids is 2. The van der Waals surface area contributed by atoms with Gasteiger partial charge in [0.05, 0.1) is 0 Å². The molecule has 0 heterocycles. The van der Waals surface area contributed by atoms with E-state index in [1.807, 2.05) is 46.0 Å². The summed E-state index contributed by atoms with van der Waals surface area (Å²) in [5.74, 6) is 0.254. The largest absolute Gasteiger partial charge is 0.460 e. The van der Waals surface area contributed by atoms with Crippen molar-refractivity contribution >= 4 is 11.8 Å². The SMILES string of the molecule is CN(C)/C=C1\CC(CC(=O)OC(C)(C)C)CCC1=O. The third-order valence-electron chi connectivity index (χ3n) is 2.94. The van der Waals surface area contributed by atoms with Crippen molar-refractivity contribution in [2.75, 3.05) is 14.1 Å². The average Bonchev–Trinajstić information content (AvgIpc) is 2.19. The third-order valence-corrected chi connectivity index (χ3v) is 2.94. The third kappa shape index (κ3) is 5.90. The van der Waals surface area contributed by atoms with Gasteiger partial charge in [0.2, 0.25) is 0 Å². The normalized spacial score (nSPS) is 22.5. The second-order valence-corrected chi connectivity index (χ2v) is 6.44. The van der Waals surface area contributed by atoms with E-state index in [1.165, 1.54) is 0 Å². The number of Topliss-reactive ketones (excluding diaryl/α,β-unsaturated/α-hetero) is 1. The molecule has 0 amide bonds. The molecule has 0 radical (unpaired) electrons. The Morgan fingerprint density at radius 1 is 1.42 bits per heavy atom. The Morgan fingerprint density at radius 3 is 2.58 bits per heavy atom. The highest BCUT2D eigenvalue weighted by Crippen LogP contribution is 2.29. The summed E-state index contributed by atoms with van der Waals surface area (Å²) in [6.07, 6.45) is 4.26. The van der Waals surface area contributed by atoms with Gasteiger partial charge in [-0.25, -0.2) is 0 Å². The zero-order valence-corrected chi connectivity index (χ0v) is 12.7. The van der Waals surface area contributed by atoms with Crippen LogP contribution < -0.4 is 0 Å². The molecule has 1 atom stereocenters. The predicted octanol–water partition coefficient (Wildman–Crippen LogP) is 2.53. The van der Waals surface area contributed by atoms with Gasteiger partial charge in [-0.05, 0) is 39.5 Å². The highest BCUT2D eigenvalue weighted by atomic mass is 16.6. The van der Waals surface area contributed by atoms with Crippen LogP contribution in [-0.4, -0.2) is 36.3 Å². The number of hydrogen-bond acceptors (Lipinski definition) is 4. The maximum atomic E-state index is 11.8. The van der Waals surface area contributed by atoms with E-state index in [2.05, 4.69) is 0 Å². The Kier molecular flexibility index (Phi) is 5.15. The number of nitrogens with zero attached hydrogens (tertiary/aromatic N) is 1. The molecule has 108 valence electrons. The molecule has 0 bridgehead atoms. The lowest BCUT2D eigenvalue weighted by Gasteiger charge is -2.25. The molecule has 1 aliphatic rings. The van der Waals surface area contributed by atoms with Gasteiger partial charge in [0.1, 0.15) is 5.60 Å². The van der Waals surface area contributed by atoms with E-state index in [0.717, 1.165) is 12.0 Å². The van der Waals surface area contributed by atoms with Crippen LogP contribution in [0.25, 0.3) is 0 Å². The molecular weight excluding hydrogens is 242 g/mol. The van der Waals surface area contributed by atoms with Crippen molar-refractivity contribution in [1.29, 1.82) is 0 Å². The Balaban J connectivity index is 2.57. The van der Waals surface area contributed by atoms with E-state index in [1.54, 1.807) is 0 Å². The minimum absolute atomic E-state index is 0.170. The summed E-state index contributed by atoms with van der Waals surface area (Å²) in [7, 11) is 3.80. The molecular formula is C15H25NO3. The molecule has 1 unspecified atom stereocenters. The molecule has 0 N–H and O–H groups in total. The van der Waals surface area contributed by atoms with Crippen molar-refractivity contribution in [3.8, 4) is 0 Å². The van der Waals surface area contributed by atoms with Crippen molar-refractivity contribution in [1.82, 2.24) is 4.90 Å². The number of esters is 1. The number of ether oxygens (including phenoxy) is 1. The van der Waals surface area contributed by atoms with Crippen LogP contribution >= 0.6 is 0 Å². The van der Waals surface area contributed by atoms with Gasteiger partial charge in [0.25, 0.3) is 0 Å². The van der Waals surface area contributed by atoms with Gasteiger partial charge < -0.3 is 9.64 Å². The van der Waals surface area contributed by atoms with Gasteiger partial charge in [-0.2, -0.15) is 0 Å². The number of rotatable bonds is 3. The molecule has 0 aromatic carbocycles. The van der Waals surface area contributed by atoms with Crippen LogP contribution in [0.1, 0.15) is 46.5 Å². The minimum atomic E-state index is -0.441. The van der Waals surface area contributed by atoms with Crippen LogP contribution in [0.4, 0.5) is 0 Å². The van der Waals surface area contributed by atoms with Crippen molar-refractivity contribution < 1.29 is 14.3 Å². The van der Waals surface area contributed by atoms with Crippen molar-refractivity contribution in [3.05, 3.63) is 11.8 Å². The molecule has 1 rings (SSSR count). The van der Waals surface area contributed by atoms with E-state index in [9.17, 15) is 9.59 Å². The fourth-order valence-electron chi connectivity index (χ4n) is 2.25. The predicted molar refractivity (Wildman–Crippen MR) is 74.6 cm³/mol. The van der Waals surface area contributed by atoms with Crippen LogP contribution in [0.15, 0.2) is 11.8 Å². The summed E-state index contributed by atoms with van der Waals surface area (Å²) >= 11 is 0. The van der Waals surface area contributed by atoms with Crippen molar-refractivity contribution in [3.63, 3.8) is 0 Å². The first kappa shape index (κ1) is 15.7. The Bertz CT molecular complexity index is 377. The van der Waals surface area contributed by atoms with Crippen LogP contribution in [0.2, 0.25) is 0 Å². The first-order valence-corrected chi connectivity index (χ1v) is 6.79. The van der Waals surface area contributed by atoms with Crippen LogP contribution in [0.5, 0.6) is 0 Å². The maximum absolute atomic E-state index is 11.8. The Labute approximate surface area is 115 Å². The van der Waals surface area contributed by atoms with Gasteiger partial charge >= 0.3 is 5.97 Å². The zero-order chi connectivity index (χ0) is 14.6. The minimum Gasteiger partial charge on any atom is -0.460 e. The Morgan fingerprint density at radius 2 is 2.05 bits per heavy atom. The lowest BCUT2D eigenvalue weighted by molar-refractivity contribution is -0.156. The smallest absolute Gasteiger partial charge is 0.306 e. The van der Waals surface area contributed by atoms with E-state index >= 15 is 0 Å². The molecule has 0 saturated heterocycles. The summed E-state index contributed by atoms with van der Waals surface area (Å²) in [6.45, 7) is 5.60. The average molecular weight is 267 g/mol. The van der Waals surface area contributed by atoms with E-state index in [0.29, 0.717) is 19.3 Å². The molecule has 19 heavy (non-hydrogen) atoms. The van der Waals surface area contributed by atoms with Crippen LogP contribution in [0, 0.1) is 5.92 Å². The van der Waals surface area contributed by atoms with E-state index in [4.69, 9.17) is 4.74 Å². The first-order chi connectivity index (χ1) is 8.67. The molecule has 1 fully saturated rings. The topological polar surface area (TPSA) is 46.6 Å². The van der Waals surface area contributed by atoms with Crippen LogP contribution in [-0.2, 0) is 14.3 Å². The zero-order valence-electron chi connectivity index (χ0n) is 12.7. The van der Waals surface area contributed by atoms with Gasteiger partial charge in [-0.3, -0.25) is 9.59 Å². The lowest BCUT2D eigenvalue weighted by Crippen LogP contribution is -2.27. The van der Waals surface area contributed by atoms with Crippen molar-refractivity contribution in [2.45, 2.75) is 52.1 Å². The summed E-state index contributed by atoms with van der Waals surface area (Å²) < 4.78 is 5.33. The highest BCUT2D eigenvalue weighted by molar-refractivity contribution is 5.96. The standard InChI is InChI=1S/C15H25NO3/c1-15(2,3)19-14(18)9-11-6-7-13(17)12(8-11)10-16(4)5/h10-11H,6-9H2,1-5H3/b12-10+. The number of ketones is 1. The van der Waals surface area contributed by atoms with Gasteiger partial charge in [0.15, 0.2) is 5.78 Å². The molecule has 0 aromatic rings. The quantitative estimate of drug-likeness (QED) is 0.582. The molecule has 0 aromatic heterocycles. The lowest BCUT2D eigenvalue weighted by atomic mass is 9.83. The number of carbonyl (C=O) groups is 2. The highest BCUT2D eigenvalue weighted by Gasteiger charge is 2.27. The number of hydrogen-bond donors (Lipinski definition) is 0. The van der Waals surface area contributed by atoms with E-state index < -0.39 is 5.60 Å². The second-order valence-electron chi connectivity index (χ2n) is 6.44.